The van der Waals surface area contributed by atoms with E-state index in [2.05, 4.69) is 29.8 Å². The maximum atomic E-state index is 5.75. The molecule has 0 unspecified atom stereocenters. The number of nitrogens with two attached hydrogens (primary N) is 1. The van der Waals surface area contributed by atoms with E-state index in [1.807, 2.05) is 12.3 Å². The van der Waals surface area contributed by atoms with Crippen molar-refractivity contribution >= 4 is 5.69 Å². The van der Waals surface area contributed by atoms with Crippen LogP contribution in [0.2, 0.25) is 0 Å². The minimum absolute atomic E-state index is 0.525. The molecule has 0 bridgehead atoms. The molecule has 0 radical (unpaired) electrons. The van der Waals surface area contributed by atoms with Gasteiger partial charge in [0.2, 0.25) is 0 Å². The van der Waals surface area contributed by atoms with Gasteiger partial charge in [-0.15, -0.1) is 0 Å². The van der Waals surface area contributed by atoms with Crippen LogP contribution in [0.15, 0.2) is 18.3 Å². The van der Waals surface area contributed by atoms with Crippen LogP contribution in [0.3, 0.4) is 0 Å². The average Bonchev–Trinajstić information content (AvgIpc) is 3.09. The molecule has 0 amide bonds. The van der Waals surface area contributed by atoms with Crippen molar-refractivity contribution in [1.29, 1.82) is 0 Å². The second kappa shape index (κ2) is 4.83. The van der Waals surface area contributed by atoms with Crippen LogP contribution in [0.25, 0.3) is 0 Å². The van der Waals surface area contributed by atoms with Gasteiger partial charge in [-0.1, -0.05) is 13.8 Å². The van der Waals surface area contributed by atoms with E-state index in [-0.39, 0.29) is 0 Å². The van der Waals surface area contributed by atoms with E-state index >= 15 is 0 Å². The molecule has 0 aliphatic heterocycles. The van der Waals surface area contributed by atoms with Crippen LogP contribution < -0.4 is 10.6 Å². The lowest BCUT2D eigenvalue weighted by Gasteiger charge is -2.28. The van der Waals surface area contributed by atoms with Gasteiger partial charge in [0.05, 0.1) is 11.4 Å². The lowest BCUT2D eigenvalue weighted by Crippen LogP contribution is -2.31. The van der Waals surface area contributed by atoms with Crippen LogP contribution >= 0.6 is 0 Å². The minimum Gasteiger partial charge on any atom is -0.367 e. The van der Waals surface area contributed by atoms with Gasteiger partial charge in [0.1, 0.15) is 0 Å². The Balaban J connectivity index is 2.23. The van der Waals surface area contributed by atoms with Gasteiger partial charge >= 0.3 is 0 Å². The first-order chi connectivity index (χ1) is 7.72. The summed E-state index contributed by atoms with van der Waals surface area (Å²) in [5.41, 5.74) is 8.01. The van der Waals surface area contributed by atoms with Gasteiger partial charge in [-0.25, -0.2) is 0 Å². The second-order valence-corrected chi connectivity index (χ2v) is 4.95. The first kappa shape index (κ1) is 11.4. The Morgan fingerprint density at radius 3 is 2.81 bits per heavy atom. The fourth-order valence-corrected chi connectivity index (χ4v) is 2.07. The van der Waals surface area contributed by atoms with E-state index in [1.54, 1.807) is 0 Å². The second-order valence-electron chi connectivity index (χ2n) is 4.95. The van der Waals surface area contributed by atoms with Crippen molar-refractivity contribution in [3.8, 4) is 0 Å². The first-order valence-corrected chi connectivity index (χ1v) is 6.13. The van der Waals surface area contributed by atoms with Gasteiger partial charge in [0.15, 0.2) is 0 Å². The van der Waals surface area contributed by atoms with Crippen LogP contribution in [0.5, 0.6) is 0 Å². The summed E-state index contributed by atoms with van der Waals surface area (Å²) in [6.45, 7) is 6.14. The zero-order valence-corrected chi connectivity index (χ0v) is 10.2. The molecule has 1 heterocycles. The molecular weight excluding hydrogens is 198 g/mol. The Hall–Kier alpha value is -1.09. The molecule has 16 heavy (non-hydrogen) atoms. The molecule has 1 aromatic heterocycles. The number of nitrogens with zero attached hydrogens (tertiary/aromatic N) is 2. The molecule has 88 valence electrons. The number of aromatic nitrogens is 1. The maximum Gasteiger partial charge on any atom is 0.0772 e. The molecule has 1 saturated carbocycles. The highest BCUT2D eigenvalue weighted by Gasteiger charge is 2.30. The van der Waals surface area contributed by atoms with Crippen molar-refractivity contribution in [2.45, 2.75) is 39.3 Å². The number of pyridine rings is 1. The summed E-state index contributed by atoms with van der Waals surface area (Å²) in [5, 5.41) is 0. The van der Waals surface area contributed by atoms with Gasteiger partial charge < -0.3 is 10.6 Å². The van der Waals surface area contributed by atoms with Crippen molar-refractivity contribution in [1.82, 2.24) is 4.98 Å². The Labute approximate surface area is 97.7 Å². The summed E-state index contributed by atoms with van der Waals surface area (Å²) >= 11 is 0. The largest absolute Gasteiger partial charge is 0.367 e. The molecule has 0 aromatic carbocycles. The molecule has 0 saturated heterocycles. The standard InChI is InChI=1S/C13H21N3/c1-10(2)9-16(11-5-6-11)13-4-3-7-15-12(13)8-14/h3-4,7,10-11H,5-6,8-9,14H2,1-2H3. The summed E-state index contributed by atoms with van der Waals surface area (Å²) < 4.78 is 0. The Morgan fingerprint density at radius 2 is 2.25 bits per heavy atom. The summed E-state index contributed by atoms with van der Waals surface area (Å²) in [6.07, 6.45) is 4.45. The van der Waals surface area contributed by atoms with Crippen molar-refractivity contribution in [2.24, 2.45) is 11.7 Å². The van der Waals surface area contributed by atoms with Gasteiger partial charge in [-0.05, 0) is 30.9 Å². The smallest absolute Gasteiger partial charge is 0.0772 e. The minimum atomic E-state index is 0.525. The Bertz CT molecular complexity index is 345. The molecule has 3 heteroatoms. The topological polar surface area (TPSA) is 42.2 Å². The van der Waals surface area contributed by atoms with Crippen LogP contribution in [0.1, 0.15) is 32.4 Å². The van der Waals surface area contributed by atoms with Crippen LogP contribution in [0, 0.1) is 5.92 Å². The zero-order chi connectivity index (χ0) is 11.5. The SMILES string of the molecule is CC(C)CN(c1cccnc1CN)C1CC1. The van der Waals surface area contributed by atoms with Crippen LogP contribution in [-0.4, -0.2) is 17.6 Å². The third kappa shape index (κ3) is 2.53. The summed E-state index contributed by atoms with van der Waals surface area (Å²) in [4.78, 5) is 6.85. The summed E-state index contributed by atoms with van der Waals surface area (Å²) in [6, 6.07) is 4.87. The van der Waals surface area contributed by atoms with E-state index in [1.165, 1.54) is 18.5 Å². The predicted molar refractivity (Wildman–Crippen MR) is 67.3 cm³/mol. The van der Waals surface area contributed by atoms with Crippen molar-refractivity contribution in [3.05, 3.63) is 24.0 Å². The highest BCUT2D eigenvalue weighted by Crippen LogP contribution is 2.33. The third-order valence-electron chi connectivity index (χ3n) is 2.92. The molecule has 1 aliphatic rings. The molecular formula is C13H21N3. The molecule has 3 nitrogen and oxygen atoms in total. The normalized spacial score (nSPS) is 15.5. The van der Waals surface area contributed by atoms with E-state index in [0.717, 1.165) is 18.3 Å². The van der Waals surface area contributed by atoms with Crippen LogP contribution in [-0.2, 0) is 6.54 Å². The molecule has 0 atom stereocenters. The molecule has 1 aromatic rings. The lowest BCUT2D eigenvalue weighted by molar-refractivity contribution is 0.604. The average molecular weight is 219 g/mol. The summed E-state index contributed by atoms with van der Waals surface area (Å²) in [7, 11) is 0. The van der Waals surface area contributed by atoms with Gasteiger partial charge in [0, 0.05) is 25.3 Å². The van der Waals surface area contributed by atoms with Crippen LogP contribution in [0.4, 0.5) is 5.69 Å². The summed E-state index contributed by atoms with van der Waals surface area (Å²) in [5.74, 6) is 0.673. The third-order valence-corrected chi connectivity index (χ3v) is 2.92. The number of hydrogen-bond donors (Lipinski definition) is 1. The maximum absolute atomic E-state index is 5.75. The Kier molecular flexibility index (Phi) is 3.44. The number of anilines is 1. The monoisotopic (exact) mass is 219 g/mol. The molecule has 2 rings (SSSR count). The zero-order valence-electron chi connectivity index (χ0n) is 10.2. The van der Waals surface area contributed by atoms with Crippen molar-refractivity contribution in [3.63, 3.8) is 0 Å². The molecule has 2 N–H and O–H groups in total. The molecule has 0 spiro atoms. The fourth-order valence-electron chi connectivity index (χ4n) is 2.07. The van der Waals surface area contributed by atoms with Gasteiger partial charge in [-0.2, -0.15) is 0 Å². The van der Waals surface area contributed by atoms with Gasteiger partial charge in [-0.3, -0.25) is 4.98 Å². The van der Waals surface area contributed by atoms with E-state index in [0.29, 0.717) is 12.5 Å². The first-order valence-electron chi connectivity index (χ1n) is 6.13. The number of hydrogen-bond acceptors (Lipinski definition) is 3. The highest BCUT2D eigenvalue weighted by atomic mass is 15.2. The quantitative estimate of drug-likeness (QED) is 0.825. The molecule has 1 aliphatic carbocycles. The fraction of sp³-hybridized carbons (Fsp3) is 0.615. The number of rotatable bonds is 5. The van der Waals surface area contributed by atoms with E-state index in [4.69, 9.17) is 5.73 Å². The van der Waals surface area contributed by atoms with Gasteiger partial charge in [0.25, 0.3) is 0 Å². The highest BCUT2D eigenvalue weighted by molar-refractivity contribution is 5.52. The van der Waals surface area contributed by atoms with E-state index in [9.17, 15) is 0 Å². The van der Waals surface area contributed by atoms with Crippen molar-refractivity contribution < 1.29 is 0 Å². The lowest BCUT2D eigenvalue weighted by atomic mass is 10.1. The van der Waals surface area contributed by atoms with Crippen molar-refractivity contribution in [2.75, 3.05) is 11.4 Å². The molecule has 1 fully saturated rings. The van der Waals surface area contributed by atoms with E-state index < -0.39 is 0 Å². The predicted octanol–water partition coefficient (Wildman–Crippen LogP) is 2.17. The Morgan fingerprint density at radius 1 is 1.50 bits per heavy atom.